The molecule has 5 heteroatoms. The van der Waals surface area contributed by atoms with Crippen LogP contribution in [-0.4, -0.2) is 30.9 Å². The van der Waals surface area contributed by atoms with Crippen molar-refractivity contribution < 1.29 is 24.1 Å². The summed E-state index contributed by atoms with van der Waals surface area (Å²) < 4.78 is 16.5. The molecular weight excluding hydrogens is 380 g/mol. The minimum absolute atomic E-state index is 0.0200. The second-order valence-corrected chi connectivity index (χ2v) is 6.97. The number of carbonyl (C=O) groups excluding carboxylic acids is 1. The minimum Gasteiger partial charge on any atom is -0.491 e. The van der Waals surface area contributed by atoms with Crippen LogP contribution in [0.5, 0.6) is 11.5 Å². The lowest BCUT2D eigenvalue weighted by Crippen LogP contribution is -2.14. The third kappa shape index (κ3) is 5.84. The minimum atomic E-state index is -0.415. The summed E-state index contributed by atoms with van der Waals surface area (Å²) in [6.07, 6.45) is 0. The van der Waals surface area contributed by atoms with E-state index in [-0.39, 0.29) is 26.4 Å². The van der Waals surface area contributed by atoms with Crippen molar-refractivity contribution in [3.8, 4) is 22.6 Å². The van der Waals surface area contributed by atoms with Gasteiger partial charge in [-0.15, -0.1) is 0 Å². The molecule has 3 aromatic rings. The second kappa shape index (κ2) is 10.5. The summed E-state index contributed by atoms with van der Waals surface area (Å²) in [6.45, 7) is 4.28. The lowest BCUT2D eigenvalue weighted by Gasteiger charge is -2.14. The normalized spacial score (nSPS) is 10.5. The number of rotatable bonds is 9. The number of ether oxygens (including phenoxy) is 3. The molecule has 0 amide bonds. The maximum atomic E-state index is 12.0. The summed E-state index contributed by atoms with van der Waals surface area (Å²) in [5.74, 6) is 0.975. The number of aryl methyl sites for hydroxylation is 2. The predicted molar refractivity (Wildman–Crippen MR) is 116 cm³/mol. The van der Waals surface area contributed by atoms with E-state index < -0.39 is 5.97 Å². The summed E-state index contributed by atoms with van der Waals surface area (Å²) in [4.78, 5) is 12.0. The number of aliphatic hydroxyl groups is 1. The molecule has 156 valence electrons. The fourth-order valence-corrected chi connectivity index (χ4v) is 3.18. The number of aliphatic hydroxyl groups excluding tert-OH is 1. The summed E-state index contributed by atoms with van der Waals surface area (Å²) in [6, 6.07) is 21.2. The molecule has 0 aromatic heterocycles. The molecule has 5 nitrogen and oxygen atoms in total. The summed E-state index contributed by atoms with van der Waals surface area (Å²) in [5, 5.41) is 8.98. The van der Waals surface area contributed by atoms with Gasteiger partial charge in [0.05, 0.1) is 6.61 Å². The zero-order valence-electron chi connectivity index (χ0n) is 17.3. The SMILES string of the molecule is Cc1cc(-c2cccc(OCC(=O)OCc3ccccc3)c2)cc(C)c1OCCO. The van der Waals surface area contributed by atoms with Crippen LogP contribution in [0.2, 0.25) is 0 Å². The molecule has 0 fully saturated rings. The van der Waals surface area contributed by atoms with Crippen molar-refractivity contribution in [3.05, 3.63) is 83.4 Å². The Bertz CT molecular complexity index is 959. The van der Waals surface area contributed by atoms with Gasteiger partial charge < -0.3 is 19.3 Å². The van der Waals surface area contributed by atoms with Gasteiger partial charge in [-0.1, -0.05) is 42.5 Å². The van der Waals surface area contributed by atoms with Crippen LogP contribution in [0.25, 0.3) is 11.1 Å². The van der Waals surface area contributed by atoms with Gasteiger partial charge in [-0.2, -0.15) is 0 Å². The zero-order valence-corrected chi connectivity index (χ0v) is 17.3. The molecule has 0 aliphatic carbocycles. The second-order valence-electron chi connectivity index (χ2n) is 6.97. The van der Waals surface area contributed by atoms with Crippen molar-refractivity contribution in [2.75, 3.05) is 19.8 Å². The van der Waals surface area contributed by atoms with Gasteiger partial charge in [-0.3, -0.25) is 0 Å². The molecule has 0 unspecified atom stereocenters. The third-order valence-electron chi connectivity index (χ3n) is 4.56. The summed E-state index contributed by atoms with van der Waals surface area (Å²) >= 11 is 0. The van der Waals surface area contributed by atoms with Gasteiger partial charge in [-0.05, 0) is 65.9 Å². The van der Waals surface area contributed by atoms with E-state index in [0.29, 0.717) is 5.75 Å². The fourth-order valence-electron chi connectivity index (χ4n) is 3.18. The first-order valence-corrected chi connectivity index (χ1v) is 9.84. The van der Waals surface area contributed by atoms with E-state index in [1.807, 2.05) is 80.6 Å². The number of esters is 1. The van der Waals surface area contributed by atoms with Crippen molar-refractivity contribution in [2.45, 2.75) is 20.5 Å². The quantitative estimate of drug-likeness (QED) is 0.532. The Balaban J connectivity index is 1.62. The maximum absolute atomic E-state index is 12.0. The Labute approximate surface area is 176 Å². The lowest BCUT2D eigenvalue weighted by atomic mass is 9.99. The van der Waals surface area contributed by atoms with Crippen LogP contribution in [0, 0.1) is 13.8 Å². The monoisotopic (exact) mass is 406 g/mol. The average Bonchev–Trinajstić information content (AvgIpc) is 2.76. The molecule has 0 atom stereocenters. The summed E-state index contributed by atoms with van der Waals surface area (Å²) in [5.41, 5.74) is 4.93. The molecule has 1 N–H and O–H groups in total. The van der Waals surface area contributed by atoms with Crippen LogP contribution >= 0.6 is 0 Å². The van der Waals surface area contributed by atoms with Crippen molar-refractivity contribution in [3.63, 3.8) is 0 Å². The average molecular weight is 406 g/mol. The molecular formula is C25H26O5. The lowest BCUT2D eigenvalue weighted by molar-refractivity contribution is -0.147. The molecule has 3 aromatic carbocycles. The molecule has 30 heavy (non-hydrogen) atoms. The fraction of sp³-hybridized carbons (Fsp3) is 0.240. The Hall–Kier alpha value is -3.31. The third-order valence-corrected chi connectivity index (χ3v) is 4.56. The number of hydrogen-bond donors (Lipinski definition) is 1. The zero-order chi connectivity index (χ0) is 21.3. The van der Waals surface area contributed by atoms with Crippen molar-refractivity contribution in [2.24, 2.45) is 0 Å². The molecule has 3 rings (SSSR count). The number of hydrogen-bond acceptors (Lipinski definition) is 5. The highest BCUT2D eigenvalue weighted by atomic mass is 16.6. The van der Waals surface area contributed by atoms with E-state index in [0.717, 1.165) is 33.6 Å². The van der Waals surface area contributed by atoms with E-state index in [4.69, 9.17) is 19.3 Å². The van der Waals surface area contributed by atoms with Gasteiger partial charge in [0.25, 0.3) is 0 Å². The van der Waals surface area contributed by atoms with Gasteiger partial charge in [0.1, 0.15) is 24.7 Å². The van der Waals surface area contributed by atoms with Crippen LogP contribution in [-0.2, 0) is 16.1 Å². The van der Waals surface area contributed by atoms with Gasteiger partial charge in [0.2, 0.25) is 0 Å². The van der Waals surface area contributed by atoms with Crippen molar-refractivity contribution >= 4 is 5.97 Å². The Morgan fingerprint density at radius 2 is 1.60 bits per heavy atom. The first kappa shape index (κ1) is 21.4. The van der Waals surface area contributed by atoms with Gasteiger partial charge in [0, 0.05) is 0 Å². The molecule has 0 saturated carbocycles. The Morgan fingerprint density at radius 3 is 2.30 bits per heavy atom. The van der Waals surface area contributed by atoms with Crippen LogP contribution in [0.15, 0.2) is 66.7 Å². The largest absolute Gasteiger partial charge is 0.491 e. The highest BCUT2D eigenvalue weighted by Gasteiger charge is 2.10. The van der Waals surface area contributed by atoms with Crippen molar-refractivity contribution in [1.29, 1.82) is 0 Å². The Morgan fingerprint density at radius 1 is 0.867 bits per heavy atom. The molecule has 0 heterocycles. The van der Waals surface area contributed by atoms with E-state index in [1.165, 1.54) is 0 Å². The molecule has 0 saturated heterocycles. The first-order chi connectivity index (χ1) is 14.6. The highest BCUT2D eigenvalue weighted by Crippen LogP contribution is 2.31. The van der Waals surface area contributed by atoms with E-state index in [2.05, 4.69) is 0 Å². The smallest absolute Gasteiger partial charge is 0.344 e. The summed E-state index contributed by atoms with van der Waals surface area (Å²) in [7, 11) is 0. The first-order valence-electron chi connectivity index (χ1n) is 9.84. The Kier molecular flexibility index (Phi) is 7.46. The van der Waals surface area contributed by atoms with Gasteiger partial charge >= 0.3 is 5.97 Å². The van der Waals surface area contributed by atoms with E-state index in [9.17, 15) is 4.79 Å². The van der Waals surface area contributed by atoms with Gasteiger partial charge in [0.15, 0.2) is 6.61 Å². The van der Waals surface area contributed by atoms with Crippen LogP contribution in [0.1, 0.15) is 16.7 Å². The van der Waals surface area contributed by atoms with Crippen molar-refractivity contribution in [1.82, 2.24) is 0 Å². The standard InChI is InChI=1S/C25H26O5/c1-18-13-22(14-19(2)25(18)28-12-11-26)21-9-6-10-23(15-21)29-17-24(27)30-16-20-7-4-3-5-8-20/h3-10,13-15,26H,11-12,16-17H2,1-2H3. The molecule has 0 bridgehead atoms. The van der Waals surface area contributed by atoms with Gasteiger partial charge in [-0.25, -0.2) is 4.79 Å². The molecule has 0 radical (unpaired) electrons. The molecule has 0 aliphatic rings. The maximum Gasteiger partial charge on any atom is 0.344 e. The van der Waals surface area contributed by atoms with E-state index >= 15 is 0 Å². The number of benzene rings is 3. The number of carbonyl (C=O) groups is 1. The van der Waals surface area contributed by atoms with Crippen LogP contribution < -0.4 is 9.47 Å². The van der Waals surface area contributed by atoms with Crippen LogP contribution in [0.3, 0.4) is 0 Å². The topological polar surface area (TPSA) is 65.0 Å². The highest BCUT2D eigenvalue weighted by molar-refractivity contribution is 5.72. The van der Waals surface area contributed by atoms with E-state index in [1.54, 1.807) is 0 Å². The molecule has 0 spiro atoms. The molecule has 0 aliphatic heterocycles. The van der Waals surface area contributed by atoms with Crippen LogP contribution in [0.4, 0.5) is 0 Å². The predicted octanol–water partition coefficient (Wildman–Crippen LogP) is 4.46.